The van der Waals surface area contributed by atoms with Crippen molar-refractivity contribution in [3.63, 3.8) is 0 Å². The molecule has 0 saturated carbocycles. The number of hydrogen-bond donors (Lipinski definition) is 0. The lowest BCUT2D eigenvalue weighted by Gasteiger charge is -2.04. The first kappa shape index (κ1) is 16.7. The summed E-state index contributed by atoms with van der Waals surface area (Å²) >= 11 is 0. The Morgan fingerprint density at radius 2 is 1.80 bits per heavy atom. The van der Waals surface area contributed by atoms with Crippen molar-refractivity contribution in [3.05, 3.63) is 29.8 Å². The normalized spacial score (nSPS) is 11.3. The highest BCUT2D eigenvalue weighted by Crippen LogP contribution is 2.13. The van der Waals surface area contributed by atoms with Gasteiger partial charge in [-0.2, -0.15) is 0 Å². The van der Waals surface area contributed by atoms with Gasteiger partial charge in [0, 0.05) is 18.6 Å². The lowest BCUT2D eigenvalue weighted by Crippen LogP contribution is -2.10. The minimum absolute atomic E-state index is 0.109. The van der Waals surface area contributed by atoms with Gasteiger partial charge >= 0.3 is 0 Å². The molecule has 112 valence electrons. The van der Waals surface area contributed by atoms with Crippen LogP contribution in [0.2, 0.25) is 0 Å². The zero-order valence-electron chi connectivity index (χ0n) is 12.1. The first-order valence-corrected chi connectivity index (χ1v) is 8.64. The molecule has 20 heavy (non-hydrogen) atoms. The molecule has 0 atom stereocenters. The van der Waals surface area contributed by atoms with E-state index < -0.39 is 9.84 Å². The summed E-state index contributed by atoms with van der Waals surface area (Å²) in [6, 6.07) is 7.61. The molecule has 0 aromatic heterocycles. The molecule has 0 aliphatic heterocycles. The first-order valence-electron chi connectivity index (χ1n) is 6.82. The fourth-order valence-electron chi connectivity index (χ4n) is 1.83. The van der Waals surface area contributed by atoms with Crippen LogP contribution in [0.3, 0.4) is 0 Å². The Bertz CT molecular complexity index is 517. The summed E-state index contributed by atoms with van der Waals surface area (Å²) in [7, 11) is -1.34. The number of rotatable bonds is 9. The molecule has 0 amide bonds. The molecule has 0 aliphatic carbocycles. The Balaban J connectivity index is 2.29. The molecular formula is C15H22O4S. The molecule has 4 nitrogen and oxygen atoms in total. The number of hydrogen-bond acceptors (Lipinski definition) is 4. The number of carbonyl (C=O) groups is 1. The van der Waals surface area contributed by atoms with Crippen LogP contribution in [0.15, 0.2) is 24.3 Å². The minimum Gasteiger partial charge on any atom is -0.497 e. The highest BCUT2D eigenvalue weighted by atomic mass is 32.2. The third kappa shape index (κ3) is 6.19. The van der Waals surface area contributed by atoms with E-state index in [1.807, 2.05) is 24.3 Å². The maximum atomic E-state index is 11.7. The third-order valence-corrected chi connectivity index (χ3v) is 4.99. The summed E-state index contributed by atoms with van der Waals surface area (Å²) in [6.45, 7) is 1.63. The van der Waals surface area contributed by atoms with E-state index in [0.717, 1.165) is 11.3 Å². The van der Waals surface area contributed by atoms with Gasteiger partial charge in [-0.05, 0) is 30.5 Å². The molecule has 0 radical (unpaired) electrons. The van der Waals surface area contributed by atoms with Crippen molar-refractivity contribution in [2.45, 2.75) is 32.6 Å². The SMILES string of the molecule is CCS(=O)(=O)CCCC(=O)CCc1ccc(OC)cc1. The Labute approximate surface area is 121 Å². The summed E-state index contributed by atoms with van der Waals surface area (Å²) in [5.74, 6) is 1.17. The fraction of sp³-hybridized carbons (Fsp3) is 0.533. The zero-order valence-corrected chi connectivity index (χ0v) is 12.9. The van der Waals surface area contributed by atoms with Crippen LogP contribution in [-0.4, -0.2) is 32.8 Å². The number of methoxy groups -OCH3 is 1. The van der Waals surface area contributed by atoms with Crippen molar-refractivity contribution in [1.29, 1.82) is 0 Å². The van der Waals surface area contributed by atoms with Crippen LogP contribution in [0.25, 0.3) is 0 Å². The predicted molar refractivity (Wildman–Crippen MR) is 79.9 cm³/mol. The van der Waals surface area contributed by atoms with E-state index in [4.69, 9.17) is 4.74 Å². The molecule has 1 aromatic carbocycles. The highest BCUT2D eigenvalue weighted by molar-refractivity contribution is 7.91. The van der Waals surface area contributed by atoms with Gasteiger partial charge in [0.2, 0.25) is 0 Å². The van der Waals surface area contributed by atoms with Crippen molar-refractivity contribution in [1.82, 2.24) is 0 Å². The lowest BCUT2D eigenvalue weighted by atomic mass is 10.1. The smallest absolute Gasteiger partial charge is 0.150 e. The summed E-state index contributed by atoms with van der Waals surface area (Å²) < 4.78 is 27.7. The van der Waals surface area contributed by atoms with Gasteiger partial charge in [-0.1, -0.05) is 19.1 Å². The molecule has 1 aromatic rings. The number of aryl methyl sites for hydroxylation is 1. The van der Waals surface area contributed by atoms with Crippen molar-refractivity contribution in [2.24, 2.45) is 0 Å². The van der Waals surface area contributed by atoms with Crippen molar-refractivity contribution >= 4 is 15.6 Å². The van der Waals surface area contributed by atoms with Gasteiger partial charge in [0.1, 0.15) is 21.4 Å². The van der Waals surface area contributed by atoms with Gasteiger partial charge in [0.25, 0.3) is 0 Å². The number of carbonyl (C=O) groups excluding carboxylic acids is 1. The van der Waals surface area contributed by atoms with Crippen molar-refractivity contribution < 1.29 is 17.9 Å². The maximum absolute atomic E-state index is 11.7. The van der Waals surface area contributed by atoms with E-state index >= 15 is 0 Å². The summed E-state index contributed by atoms with van der Waals surface area (Å²) in [6.07, 6.45) is 1.91. The van der Waals surface area contributed by atoms with E-state index in [1.165, 1.54) is 0 Å². The quantitative estimate of drug-likeness (QED) is 0.702. The van der Waals surface area contributed by atoms with Gasteiger partial charge in [0.05, 0.1) is 12.9 Å². The molecule has 0 heterocycles. The largest absolute Gasteiger partial charge is 0.497 e. The maximum Gasteiger partial charge on any atom is 0.150 e. The molecule has 0 spiro atoms. The van der Waals surface area contributed by atoms with Crippen LogP contribution < -0.4 is 4.74 Å². The van der Waals surface area contributed by atoms with Crippen LogP contribution in [0.1, 0.15) is 31.7 Å². The van der Waals surface area contributed by atoms with E-state index in [2.05, 4.69) is 0 Å². The summed E-state index contributed by atoms with van der Waals surface area (Å²) in [5.41, 5.74) is 1.08. The molecule has 0 unspecified atom stereocenters. The highest BCUT2D eigenvalue weighted by Gasteiger charge is 2.09. The van der Waals surface area contributed by atoms with Gasteiger partial charge in [-0.25, -0.2) is 8.42 Å². The number of ketones is 1. The second-order valence-electron chi connectivity index (χ2n) is 4.73. The monoisotopic (exact) mass is 298 g/mol. The Kier molecular flexibility index (Phi) is 6.71. The van der Waals surface area contributed by atoms with Crippen LogP contribution in [0.5, 0.6) is 5.75 Å². The predicted octanol–water partition coefficient (Wildman–Crippen LogP) is 2.41. The summed E-state index contributed by atoms with van der Waals surface area (Å²) in [4.78, 5) is 11.7. The second kappa shape index (κ2) is 8.04. The Morgan fingerprint density at radius 3 is 2.35 bits per heavy atom. The molecular weight excluding hydrogens is 276 g/mol. The number of ether oxygens (including phenoxy) is 1. The lowest BCUT2D eigenvalue weighted by molar-refractivity contribution is -0.119. The van der Waals surface area contributed by atoms with Crippen LogP contribution >= 0.6 is 0 Å². The van der Waals surface area contributed by atoms with Crippen molar-refractivity contribution in [3.8, 4) is 5.75 Å². The van der Waals surface area contributed by atoms with Crippen molar-refractivity contribution in [2.75, 3.05) is 18.6 Å². The van der Waals surface area contributed by atoms with E-state index in [-0.39, 0.29) is 17.3 Å². The molecule has 0 saturated heterocycles. The zero-order chi connectivity index (χ0) is 15.0. The number of benzene rings is 1. The molecule has 0 fully saturated rings. The van der Waals surface area contributed by atoms with Gasteiger partial charge in [0.15, 0.2) is 0 Å². The fourth-order valence-corrected chi connectivity index (χ4v) is 2.71. The van der Waals surface area contributed by atoms with Gasteiger partial charge in [-0.3, -0.25) is 4.79 Å². The van der Waals surface area contributed by atoms with Crippen LogP contribution in [0, 0.1) is 0 Å². The molecule has 5 heteroatoms. The second-order valence-corrected chi connectivity index (χ2v) is 7.20. The van der Waals surface area contributed by atoms with Gasteiger partial charge < -0.3 is 4.74 Å². The molecule has 1 rings (SSSR count). The number of Topliss-reactive ketones (excluding diaryl/α,β-unsaturated/α-hetero) is 1. The van der Waals surface area contributed by atoms with Crippen LogP contribution in [0.4, 0.5) is 0 Å². The Hall–Kier alpha value is -1.36. The number of sulfone groups is 1. The van der Waals surface area contributed by atoms with E-state index in [9.17, 15) is 13.2 Å². The molecule has 0 aliphatic rings. The standard InChI is InChI=1S/C15H22O4S/c1-3-20(17,18)12-4-5-14(16)9-6-13-7-10-15(19-2)11-8-13/h7-8,10-11H,3-6,9,12H2,1-2H3. The van der Waals surface area contributed by atoms with Crippen LogP contribution in [-0.2, 0) is 21.1 Å². The minimum atomic E-state index is -2.96. The topological polar surface area (TPSA) is 60.4 Å². The van der Waals surface area contributed by atoms with Gasteiger partial charge in [-0.15, -0.1) is 0 Å². The average molecular weight is 298 g/mol. The van der Waals surface area contributed by atoms with E-state index in [1.54, 1.807) is 14.0 Å². The van der Waals surface area contributed by atoms with E-state index in [0.29, 0.717) is 25.7 Å². The Morgan fingerprint density at radius 1 is 1.15 bits per heavy atom. The third-order valence-electron chi connectivity index (χ3n) is 3.20. The first-order chi connectivity index (χ1) is 9.46. The summed E-state index contributed by atoms with van der Waals surface area (Å²) in [5, 5.41) is 0. The molecule has 0 N–H and O–H groups in total. The average Bonchev–Trinajstić information content (AvgIpc) is 2.45. The molecule has 0 bridgehead atoms.